The number of unbranched alkanes of at least 4 members (excludes halogenated alkanes) is 1. The summed E-state index contributed by atoms with van der Waals surface area (Å²) in [6.07, 6.45) is 5.84. The van der Waals surface area contributed by atoms with Crippen molar-refractivity contribution in [3.05, 3.63) is 124 Å². The van der Waals surface area contributed by atoms with E-state index in [0.717, 1.165) is 47.3 Å². The second-order valence-corrected chi connectivity index (χ2v) is 10.7. The Morgan fingerprint density at radius 1 is 0.927 bits per heavy atom. The molecule has 4 rings (SSSR count). The molecule has 6 nitrogen and oxygen atoms in total. The first-order valence-electron chi connectivity index (χ1n) is 14.2. The van der Waals surface area contributed by atoms with Crippen molar-refractivity contribution in [2.45, 2.75) is 58.0 Å². The molecule has 1 heterocycles. The molecule has 3 aromatic carbocycles. The van der Waals surface area contributed by atoms with Crippen LogP contribution in [0.5, 0.6) is 0 Å². The molecule has 214 valence electrons. The fourth-order valence-electron chi connectivity index (χ4n) is 5.05. The van der Waals surface area contributed by atoms with Gasteiger partial charge in [-0.3, -0.25) is 9.59 Å². The number of hydrogen-bond donors (Lipinski definition) is 1. The first-order valence-corrected chi connectivity index (χ1v) is 14.6. The zero-order chi connectivity index (χ0) is 29.0. The number of carbonyl (C=O) groups excluding carboxylic acids is 2. The third-order valence-corrected chi connectivity index (χ3v) is 7.51. The maximum atomic E-state index is 13.5. The van der Waals surface area contributed by atoms with Gasteiger partial charge in [-0.2, -0.15) is 0 Å². The van der Waals surface area contributed by atoms with Gasteiger partial charge in [0, 0.05) is 31.6 Å². The van der Waals surface area contributed by atoms with Gasteiger partial charge >= 0.3 is 5.97 Å². The molecule has 0 saturated heterocycles. The van der Waals surface area contributed by atoms with Crippen LogP contribution in [0.2, 0.25) is 5.15 Å². The minimum atomic E-state index is -0.529. The molecule has 1 amide bonds. The lowest BCUT2D eigenvalue weighted by Gasteiger charge is -2.22. The molecule has 0 spiro atoms. The maximum absolute atomic E-state index is 13.5. The molecule has 7 heteroatoms. The smallest absolute Gasteiger partial charge is 0.313 e. The van der Waals surface area contributed by atoms with Gasteiger partial charge in [0.05, 0.1) is 13.0 Å². The lowest BCUT2D eigenvalue weighted by atomic mass is 9.85. The first kappa shape index (κ1) is 30.1. The number of hydrogen-bond acceptors (Lipinski definition) is 4. The van der Waals surface area contributed by atoms with Crippen molar-refractivity contribution in [1.29, 1.82) is 0 Å². The number of nitrogens with one attached hydrogen (secondary N) is 1. The van der Waals surface area contributed by atoms with Crippen LogP contribution in [0.25, 0.3) is 0 Å². The predicted molar refractivity (Wildman–Crippen MR) is 163 cm³/mol. The van der Waals surface area contributed by atoms with E-state index in [9.17, 15) is 9.59 Å². The average Bonchev–Trinajstić information content (AvgIpc) is 3.36. The van der Waals surface area contributed by atoms with Gasteiger partial charge in [-0.15, -0.1) is 0 Å². The van der Waals surface area contributed by atoms with E-state index in [4.69, 9.17) is 16.3 Å². The van der Waals surface area contributed by atoms with Crippen molar-refractivity contribution in [3.63, 3.8) is 0 Å². The molecule has 1 unspecified atom stereocenters. The molecule has 0 aliphatic heterocycles. The van der Waals surface area contributed by atoms with Crippen LogP contribution in [0, 0.1) is 5.92 Å². The average molecular weight is 572 g/mol. The minimum absolute atomic E-state index is 0.0867. The van der Waals surface area contributed by atoms with Gasteiger partial charge in [0.2, 0.25) is 5.91 Å². The van der Waals surface area contributed by atoms with Crippen LogP contribution in [0.4, 0.5) is 0 Å². The summed E-state index contributed by atoms with van der Waals surface area (Å²) in [6.45, 7) is 3.26. The number of aryl methyl sites for hydroxylation is 1. The highest BCUT2D eigenvalue weighted by Crippen LogP contribution is 2.28. The summed E-state index contributed by atoms with van der Waals surface area (Å²) < 4.78 is 7.23. The summed E-state index contributed by atoms with van der Waals surface area (Å²) in [4.78, 5) is 30.8. The van der Waals surface area contributed by atoms with Crippen molar-refractivity contribution in [3.8, 4) is 0 Å². The fourth-order valence-corrected chi connectivity index (χ4v) is 5.26. The van der Waals surface area contributed by atoms with Gasteiger partial charge in [0.15, 0.2) is 0 Å². The standard InChI is InChI=1S/C34H38ClN3O3/c1-3-4-15-32-37-31(35)24-38(32)23-27-18-16-26(17-19-27)22-36-33(39)29(20-25-11-7-5-8-12-25)21-30(34(40)41-2)28-13-9-6-10-14-28/h5-14,16-19,24,29-30H,3-4,15,20-23H2,1-2H3,(H,36,39)/t29?,30-/m1/s1. The lowest BCUT2D eigenvalue weighted by molar-refractivity contribution is -0.143. The number of benzene rings is 3. The summed E-state index contributed by atoms with van der Waals surface area (Å²) in [6, 6.07) is 27.6. The monoisotopic (exact) mass is 571 g/mol. The van der Waals surface area contributed by atoms with E-state index in [2.05, 4.69) is 33.9 Å². The number of rotatable bonds is 14. The van der Waals surface area contributed by atoms with Crippen molar-refractivity contribution in [2.24, 2.45) is 5.92 Å². The molecular formula is C34H38ClN3O3. The van der Waals surface area contributed by atoms with Crippen LogP contribution < -0.4 is 5.32 Å². The van der Waals surface area contributed by atoms with Crippen LogP contribution in [-0.4, -0.2) is 28.5 Å². The minimum Gasteiger partial charge on any atom is -0.469 e. The third-order valence-electron chi connectivity index (χ3n) is 7.33. The summed E-state index contributed by atoms with van der Waals surface area (Å²) in [5, 5.41) is 3.63. The number of carbonyl (C=O) groups is 2. The van der Waals surface area contributed by atoms with E-state index in [1.807, 2.05) is 79.0 Å². The SMILES string of the molecule is CCCCc1nc(Cl)cn1Cc1ccc(CNC(=O)C(Cc2ccccc2)C[C@@H](C(=O)OC)c2ccccc2)cc1. The topological polar surface area (TPSA) is 73.2 Å². The van der Waals surface area contributed by atoms with Gasteiger partial charge in [-0.1, -0.05) is 110 Å². The van der Waals surface area contributed by atoms with E-state index in [1.165, 1.54) is 7.11 Å². The molecule has 0 bridgehead atoms. The number of ether oxygens (including phenoxy) is 1. The van der Waals surface area contributed by atoms with E-state index < -0.39 is 11.8 Å². The highest BCUT2D eigenvalue weighted by molar-refractivity contribution is 6.29. The molecular weight excluding hydrogens is 534 g/mol. The summed E-state index contributed by atoms with van der Waals surface area (Å²) in [5.74, 6) is -0.364. The van der Waals surface area contributed by atoms with Gasteiger partial charge in [0.25, 0.3) is 0 Å². The number of aromatic nitrogens is 2. The Morgan fingerprint density at radius 2 is 1.59 bits per heavy atom. The summed E-state index contributed by atoms with van der Waals surface area (Å²) in [5.41, 5.74) is 4.03. The largest absolute Gasteiger partial charge is 0.469 e. The Bertz CT molecular complexity index is 1390. The number of nitrogens with zero attached hydrogens (tertiary/aromatic N) is 2. The Kier molecular flexibility index (Phi) is 11.1. The number of halogens is 1. The Hall–Kier alpha value is -3.90. The normalized spacial score (nSPS) is 12.5. The quantitative estimate of drug-likeness (QED) is 0.170. The Morgan fingerprint density at radius 3 is 2.24 bits per heavy atom. The van der Waals surface area contributed by atoms with E-state index in [1.54, 1.807) is 0 Å². The fraction of sp³-hybridized carbons (Fsp3) is 0.324. The zero-order valence-corrected chi connectivity index (χ0v) is 24.5. The highest BCUT2D eigenvalue weighted by Gasteiger charge is 2.29. The third kappa shape index (κ3) is 8.79. The molecule has 0 saturated carbocycles. The summed E-state index contributed by atoms with van der Waals surface area (Å²) in [7, 11) is 1.39. The molecule has 0 radical (unpaired) electrons. The molecule has 1 N–H and O–H groups in total. The first-order chi connectivity index (χ1) is 20.0. The van der Waals surface area contributed by atoms with Gasteiger partial charge < -0.3 is 14.6 Å². The lowest BCUT2D eigenvalue weighted by Crippen LogP contribution is -2.34. The summed E-state index contributed by atoms with van der Waals surface area (Å²) >= 11 is 6.18. The van der Waals surface area contributed by atoms with Gasteiger partial charge in [0.1, 0.15) is 11.0 Å². The number of imidazole rings is 1. The van der Waals surface area contributed by atoms with Crippen molar-refractivity contribution in [2.75, 3.05) is 7.11 Å². The second kappa shape index (κ2) is 15.2. The van der Waals surface area contributed by atoms with Crippen molar-refractivity contribution < 1.29 is 14.3 Å². The molecule has 0 fully saturated rings. The van der Waals surface area contributed by atoms with Crippen LogP contribution in [0.3, 0.4) is 0 Å². The van der Waals surface area contributed by atoms with E-state index >= 15 is 0 Å². The number of amides is 1. The zero-order valence-electron chi connectivity index (χ0n) is 23.8. The van der Waals surface area contributed by atoms with Gasteiger partial charge in [-0.25, -0.2) is 4.98 Å². The Balaban J connectivity index is 1.43. The molecule has 2 atom stereocenters. The van der Waals surface area contributed by atoms with Crippen molar-refractivity contribution >= 4 is 23.5 Å². The van der Waals surface area contributed by atoms with Crippen LogP contribution in [0.1, 0.15) is 60.2 Å². The molecule has 0 aliphatic rings. The van der Waals surface area contributed by atoms with Crippen LogP contribution in [0.15, 0.2) is 91.1 Å². The van der Waals surface area contributed by atoms with E-state index in [0.29, 0.717) is 31.1 Å². The number of esters is 1. The van der Waals surface area contributed by atoms with E-state index in [-0.39, 0.29) is 11.9 Å². The Labute approximate surface area is 247 Å². The number of methoxy groups -OCH3 is 1. The molecule has 41 heavy (non-hydrogen) atoms. The predicted octanol–water partition coefficient (Wildman–Crippen LogP) is 6.75. The van der Waals surface area contributed by atoms with Gasteiger partial charge in [-0.05, 0) is 41.5 Å². The second-order valence-electron chi connectivity index (χ2n) is 10.4. The van der Waals surface area contributed by atoms with Crippen LogP contribution >= 0.6 is 11.6 Å². The molecule has 0 aliphatic carbocycles. The maximum Gasteiger partial charge on any atom is 0.313 e. The van der Waals surface area contributed by atoms with Crippen LogP contribution in [-0.2, 0) is 40.3 Å². The highest BCUT2D eigenvalue weighted by atomic mass is 35.5. The molecule has 1 aromatic heterocycles. The van der Waals surface area contributed by atoms with Crippen molar-refractivity contribution in [1.82, 2.24) is 14.9 Å². The molecule has 4 aromatic rings.